The molecule has 4 fully saturated rings. The lowest BCUT2D eigenvalue weighted by atomic mass is 9.45. The van der Waals surface area contributed by atoms with Crippen molar-refractivity contribution in [2.75, 3.05) is 32.7 Å². The summed E-state index contributed by atoms with van der Waals surface area (Å²) in [6.07, 6.45) is 1.69. The lowest BCUT2D eigenvalue weighted by Gasteiger charge is -2.60. The van der Waals surface area contributed by atoms with Crippen molar-refractivity contribution in [2.45, 2.75) is 71.2 Å². The highest BCUT2D eigenvalue weighted by Gasteiger charge is 2.55. The third kappa shape index (κ3) is 6.15. The maximum atomic E-state index is 14.0. The third-order valence-corrected chi connectivity index (χ3v) is 10.8. The number of ketones is 1. The Hall–Kier alpha value is -3.24. The molecule has 3 saturated carbocycles. The highest BCUT2D eigenvalue weighted by atomic mass is 16.7. The molecule has 9 nitrogen and oxygen atoms in total. The van der Waals surface area contributed by atoms with Gasteiger partial charge in [0.1, 0.15) is 17.9 Å². The average Bonchev–Trinajstić information content (AvgIpc) is 3.38. The lowest BCUT2D eigenvalue weighted by molar-refractivity contribution is -0.181. The number of methoxy groups -OCH3 is 1. The molecule has 3 aliphatic carbocycles. The van der Waals surface area contributed by atoms with Gasteiger partial charge in [0, 0.05) is 43.2 Å². The highest BCUT2D eigenvalue weighted by molar-refractivity contribution is 5.92. The molecule has 1 aliphatic heterocycles. The first-order valence-electron chi connectivity index (χ1n) is 15.9. The molecule has 45 heavy (non-hydrogen) atoms. The Morgan fingerprint density at radius 2 is 1.93 bits per heavy atom. The van der Waals surface area contributed by atoms with Crippen LogP contribution < -0.4 is 9.64 Å². The number of carbonyl (C=O) groups excluding carboxylic acids is 1. The fraction of sp³-hybridized carbons (Fsp3) is 0.556. The number of Topliss-reactive ketones (excluding diaryl/α,β-unsaturated/α-hetero) is 1. The summed E-state index contributed by atoms with van der Waals surface area (Å²) in [4.78, 5) is 33.9. The van der Waals surface area contributed by atoms with Gasteiger partial charge in [-0.3, -0.25) is 9.63 Å². The van der Waals surface area contributed by atoms with Gasteiger partial charge in [0.2, 0.25) is 0 Å². The smallest absolute Gasteiger partial charge is 0.335 e. The molecule has 9 heteroatoms. The number of aromatic carboxylic acids is 1. The van der Waals surface area contributed by atoms with Gasteiger partial charge in [-0.15, -0.1) is 0 Å². The number of fused-ring (bicyclic) bond motifs is 2. The number of hydrogen-bond donors (Lipinski definition) is 3. The number of nitrogens with zero attached hydrogens (tertiary/aromatic N) is 2. The zero-order valence-corrected chi connectivity index (χ0v) is 27.3. The lowest BCUT2D eigenvalue weighted by Crippen LogP contribution is -2.52. The molecule has 2 aromatic carbocycles. The van der Waals surface area contributed by atoms with E-state index >= 15 is 0 Å². The molecule has 0 spiro atoms. The van der Waals surface area contributed by atoms with Crippen molar-refractivity contribution in [1.29, 1.82) is 0 Å². The van der Waals surface area contributed by atoms with E-state index in [9.17, 15) is 24.9 Å². The van der Waals surface area contributed by atoms with Crippen LogP contribution in [0, 0.1) is 29.1 Å². The van der Waals surface area contributed by atoms with Crippen LogP contribution >= 0.6 is 0 Å². The number of ether oxygens (including phenoxy) is 1. The zero-order chi connectivity index (χ0) is 32.8. The van der Waals surface area contributed by atoms with Crippen molar-refractivity contribution in [3.63, 3.8) is 0 Å². The molecule has 3 N–H and O–H groups in total. The predicted octanol–water partition coefficient (Wildman–Crippen LogP) is 5.19. The van der Waals surface area contributed by atoms with Gasteiger partial charge in [0.15, 0.2) is 5.78 Å². The van der Waals surface area contributed by atoms with Crippen LogP contribution in [0.4, 0.5) is 5.69 Å². The van der Waals surface area contributed by atoms with E-state index in [1.807, 2.05) is 43.3 Å². The first-order chi connectivity index (χ1) is 21.3. The number of hydroxylamine groups is 2. The van der Waals surface area contributed by atoms with Gasteiger partial charge in [0.25, 0.3) is 0 Å². The van der Waals surface area contributed by atoms with Crippen molar-refractivity contribution in [2.24, 2.45) is 29.1 Å². The van der Waals surface area contributed by atoms with Gasteiger partial charge in [-0.1, -0.05) is 44.2 Å². The van der Waals surface area contributed by atoms with Crippen LogP contribution in [0.25, 0.3) is 11.1 Å². The van der Waals surface area contributed by atoms with E-state index < -0.39 is 30.1 Å². The fourth-order valence-corrected chi connectivity index (χ4v) is 8.03. The summed E-state index contributed by atoms with van der Waals surface area (Å²) in [7, 11) is 5.26. The molecular formula is C36H48N2O7. The van der Waals surface area contributed by atoms with E-state index in [-0.39, 0.29) is 29.9 Å². The minimum absolute atomic E-state index is 0.0249. The van der Waals surface area contributed by atoms with Crippen LogP contribution in [0.1, 0.15) is 62.4 Å². The van der Waals surface area contributed by atoms with Crippen molar-refractivity contribution in [1.82, 2.24) is 5.06 Å². The molecule has 2 bridgehead atoms. The molecule has 0 unspecified atom stereocenters. The summed E-state index contributed by atoms with van der Waals surface area (Å²) in [6, 6.07) is 10.00. The molecule has 6 rings (SSSR count). The zero-order valence-electron chi connectivity index (χ0n) is 27.3. The van der Waals surface area contributed by atoms with Crippen LogP contribution in [-0.2, 0) is 16.2 Å². The van der Waals surface area contributed by atoms with E-state index in [0.717, 1.165) is 17.7 Å². The molecule has 244 valence electrons. The van der Waals surface area contributed by atoms with Gasteiger partial charge in [-0.25, -0.2) is 4.79 Å². The maximum absolute atomic E-state index is 14.0. The van der Waals surface area contributed by atoms with E-state index in [0.29, 0.717) is 47.5 Å². The minimum Gasteiger partial charge on any atom is -0.496 e. The fourth-order valence-electron chi connectivity index (χ4n) is 8.03. The maximum Gasteiger partial charge on any atom is 0.335 e. The summed E-state index contributed by atoms with van der Waals surface area (Å²) in [5.41, 5.74) is 4.55. The van der Waals surface area contributed by atoms with E-state index in [1.54, 1.807) is 31.2 Å². The van der Waals surface area contributed by atoms with E-state index in [4.69, 9.17) is 9.57 Å². The quantitative estimate of drug-likeness (QED) is 0.276. The first kappa shape index (κ1) is 33.1. The van der Waals surface area contributed by atoms with Gasteiger partial charge < -0.3 is 25.0 Å². The van der Waals surface area contributed by atoms with Crippen LogP contribution in [0.5, 0.6) is 5.75 Å². The number of benzene rings is 2. The van der Waals surface area contributed by atoms with E-state index in [2.05, 4.69) is 20.4 Å². The second kappa shape index (κ2) is 12.9. The number of carbonyl (C=O) groups is 2. The van der Waals surface area contributed by atoms with Crippen LogP contribution in [0.2, 0.25) is 0 Å². The topological polar surface area (TPSA) is 120 Å². The van der Waals surface area contributed by atoms with Crippen molar-refractivity contribution in [3.05, 3.63) is 59.7 Å². The normalized spacial score (nSPS) is 28.0. The number of aliphatic hydroxyl groups excluding tert-OH is 2. The Kier molecular flexibility index (Phi) is 9.48. The Labute approximate surface area is 266 Å². The summed E-state index contributed by atoms with van der Waals surface area (Å²) < 4.78 is 5.90. The summed E-state index contributed by atoms with van der Waals surface area (Å²) in [5, 5.41) is 32.3. The molecule has 4 aliphatic rings. The second-order valence-electron chi connectivity index (χ2n) is 13.9. The Bertz CT molecular complexity index is 1450. The number of carboxylic acid groups (broad SMARTS) is 1. The number of carboxylic acids is 1. The summed E-state index contributed by atoms with van der Waals surface area (Å²) in [5.74, 6) is 0.353. The van der Waals surface area contributed by atoms with Crippen molar-refractivity contribution >= 4 is 17.4 Å². The largest absolute Gasteiger partial charge is 0.496 e. The monoisotopic (exact) mass is 620 g/mol. The minimum atomic E-state index is -1.03. The predicted molar refractivity (Wildman–Crippen MR) is 173 cm³/mol. The third-order valence-electron chi connectivity index (χ3n) is 10.8. The molecule has 0 amide bonds. The molecule has 0 aromatic heterocycles. The number of anilines is 1. The highest BCUT2D eigenvalue weighted by Crippen LogP contribution is 2.63. The molecule has 1 heterocycles. The second-order valence-corrected chi connectivity index (χ2v) is 13.9. The Balaban J connectivity index is 1.42. The molecule has 0 radical (unpaired) electrons. The SMILES string of the molecule is C=C1[C@@H](CCC(=O)[C@@H]2[C@H]([C@H](C)O)[C@H](CO)ON2Cc2cccc(-c3cc(C(=O)O)cc(N(C)C)c3)c2OC)C[C@H]2C[C@@H]1C2(C)C. The summed E-state index contributed by atoms with van der Waals surface area (Å²) in [6.45, 7) is 10.6. The van der Waals surface area contributed by atoms with Gasteiger partial charge in [-0.2, -0.15) is 5.06 Å². The van der Waals surface area contributed by atoms with Gasteiger partial charge in [-0.05, 0) is 73.1 Å². The molecule has 7 atom stereocenters. The molecular weight excluding hydrogens is 572 g/mol. The van der Waals surface area contributed by atoms with Crippen molar-refractivity contribution in [3.8, 4) is 16.9 Å². The first-order valence-corrected chi connectivity index (χ1v) is 15.9. The van der Waals surface area contributed by atoms with E-state index in [1.165, 1.54) is 12.0 Å². The number of para-hydroxylation sites is 1. The summed E-state index contributed by atoms with van der Waals surface area (Å²) >= 11 is 0. The molecule has 2 aromatic rings. The van der Waals surface area contributed by atoms with Crippen LogP contribution in [0.3, 0.4) is 0 Å². The Morgan fingerprint density at radius 3 is 2.51 bits per heavy atom. The average molecular weight is 621 g/mol. The number of rotatable bonds is 12. The standard InChI is InChI=1S/C36H48N2O7/c1-20-22(14-26-17-29(20)36(26,3)4)11-12-30(41)33-32(21(2)40)31(19-39)45-38(33)18-23-9-8-10-28(34(23)44-7)24-13-25(35(42)43)16-27(15-24)37(5)6/h8-10,13,15-16,21-22,26,29,31-33,39-40H,1,11-12,14,17-19H2,2-7H3,(H,42,43)/t21-,22-,26-,29-,31-,32+,33+/m0/s1. The Morgan fingerprint density at radius 1 is 1.20 bits per heavy atom. The van der Waals surface area contributed by atoms with Crippen LogP contribution in [-0.4, -0.2) is 78.2 Å². The molecule has 1 saturated heterocycles. The van der Waals surface area contributed by atoms with Crippen LogP contribution in [0.15, 0.2) is 48.6 Å². The number of aliphatic hydroxyl groups is 2. The van der Waals surface area contributed by atoms with Crippen molar-refractivity contribution < 1.29 is 34.5 Å². The number of allylic oxidation sites excluding steroid dienone is 1. The van der Waals surface area contributed by atoms with Gasteiger partial charge >= 0.3 is 5.97 Å². The van der Waals surface area contributed by atoms with Gasteiger partial charge in [0.05, 0.1) is 31.9 Å². The number of hydrogen-bond acceptors (Lipinski definition) is 8.